The van der Waals surface area contributed by atoms with Crippen LogP contribution in [-0.2, 0) is 17.7 Å². The van der Waals surface area contributed by atoms with Gasteiger partial charge in [-0.15, -0.1) is 0 Å². The first-order valence-electron chi connectivity index (χ1n) is 6.36. The Kier molecular flexibility index (Phi) is 4.76. The third kappa shape index (κ3) is 4.08. The van der Waals surface area contributed by atoms with Crippen molar-refractivity contribution >= 4 is 22.6 Å². The van der Waals surface area contributed by atoms with E-state index in [2.05, 4.69) is 11.6 Å². The summed E-state index contributed by atoms with van der Waals surface area (Å²) in [7, 11) is 0. The van der Waals surface area contributed by atoms with Crippen molar-refractivity contribution in [2.24, 2.45) is 0 Å². The van der Waals surface area contributed by atoms with E-state index in [1.54, 1.807) is 6.07 Å². The van der Waals surface area contributed by atoms with Gasteiger partial charge in [-0.25, -0.2) is 4.21 Å². The van der Waals surface area contributed by atoms with Crippen LogP contribution in [0, 0.1) is 0 Å². The molecule has 0 aromatic heterocycles. The fourth-order valence-electron chi connectivity index (χ4n) is 2.16. The van der Waals surface area contributed by atoms with Crippen LogP contribution >= 0.6 is 0 Å². The molecule has 0 aliphatic heterocycles. The van der Waals surface area contributed by atoms with Gasteiger partial charge in [0.1, 0.15) is 0 Å². The van der Waals surface area contributed by atoms with E-state index in [1.165, 1.54) is 5.56 Å². The van der Waals surface area contributed by atoms with Gasteiger partial charge >= 0.3 is 0 Å². The number of rotatable bonds is 5. The standard InChI is InChI=1S/C15H18N2O2S/c1-11(13-5-7-14(16)8-6-13)9-12-3-2-4-15(10-12)17-20(18)19/h2-8,10-11,17H,9,16H2,1H3,(H,18,19). The van der Waals surface area contributed by atoms with Crippen LogP contribution in [0.4, 0.5) is 11.4 Å². The zero-order chi connectivity index (χ0) is 14.5. The van der Waals surface area contributed by atoms with Crippen molar-refractivity contribution in [2.45, 2.75) is 19.3 Å². The third-order valence-corrected chi connectivity index (χ3v) is 3.59. The minimum atomic E-state index is -2.04. The van der Waals surface area contributed by atoms with Gasteiger partial charge in [0.2, 0.25) is 0 Å². The maximum atomic E-state index is 10.7. The lowest BCUT2D eigenvalue weighted by Crippen LogP contribution is -2.03. The Hall–Kier alpha value is -1.85. The van der Waals surface area contributed by atoms with E-state index in [4.69, 9.17) is 10.3 Å². The number of nitrogens with one attached hydrogen (secondary N) is 1. The zero-order valence-corrected chi connectivity index (χ0v) is 12.1. The maximum absolute atomic E-state index is 10.7. The average Bonchev–Trinajstić information content (AvgIpc) is 2.39. The molecule has 4 N–H and O–H groups in total. The van der Waals surface area contributed by atoms with Gasteiger partial charge in [0.05, 0.1) is 0 Å². The molecular weight excluding hydrogens is 272 g/mol. The molecule has 0 saturated heterocycles. The van der Waals surface area contributed by atoms with Gasteiger partial charge in [0.15, 0.2) is 0 Å². The van der Waals surface area contributed by atoms with Crippen LogP contribution in [0.1, 0.15) is 24.0 Å². The summed E-state index contributed by atoms with van der Waals surface area (Å²) in [6.07, 6.45) is 0.859. The highest BCUT2D eigenvalue weighted by atomic mass is 32.2. The molecule has 0 fully saturated rings. The molecule has 4 nitrogen and oxygen atoms in total. The molecule has 2 unspecified atom stereocenters. The van der Waals surface area contributed by atoms with Crippen molar-refractivity contribution in [3.63, 3.8) is 0 Å². The molecule has 5 heteroatoms. The van der Waals surface area contributed by atoms with Gasteiger partial charge in [0, 0.05) is 11.4 Å². The van der Waals surface area contributed by atoms with E-state index < -0.39 is 11.3 Å². The molecule has 2 atom stereocenters. The molecule has 0 amide bonds. The summed E-state index contributed by atoms with van der Waals surface area (Å²) in [5, 5.41) is 0. The van der Waals surface area contributed by atoms with Gasteiger partial charge in [0.25, 0.3) is 11.3 Å². The van der Waals surface area contributed by atoms with Gasteiger partial charge in [-0.1, -0.05) is 31.2 Å². The van der Waals surface area contributed by atoms with Crippen molar-refractivity contribution < 1.29 is 8.76 Å². The number of nitrogen functional groups attached to an aromatic ring is 1. The van der Waals surface area contributed by atoms with Crippen molar-refractivity contribution in [3.8, 4) is 0 Å². The highest BCUT2D eigenvalue weighted by Gasteiger charge is 2.07. The molecule has 0 radical (unpaired) electrons. The minimum Gasteiger partial charge on any atom is -0.399 e. The van der Waals surface area contributed by atoms with Crippen LogP contribution in [0.15, 0.2) is 48.5 Å². The monoisotopic (exact) mass is 290 g/mol. The quantitative estimate of drug-likeness (QED) is 0.585. The summed E-state index contributed by atoms with van der Waals surface area (Å²) in [4.78, 5) is 0. The number of anilines is 2. The highest BCUT2D eigenvalue weighted by Crippen LogP contribution is 2.22. The normalized spacial score (nSPS) is 13.7. The molecule has 106 valence electrons. The van der Waals surface area contributed by atoms with Gasteiger partial charge in [-0.2, -0.15) is 0 Å². The third-order valence-electron chi connectivity index (χ3n) is 3.18. The molecule has 0 heterocycles. The van der Waals surface area contributed by atoms with Crippen molar-refractivity contribution in [3.05, 3.63) is 59.7 Å². The molecule has 2 aromatic carbocycles. The second kappa shape index (κ2) is 6.54. The topological polar surface area (TPSA) is 75.3 Å². The van der Waals surface area contributed by atoms with E-state index in [0.29, 0.717) is 11.6 Å². The van der Waals surface area contributed by atoms with E-state index in [0.717, 1.165) is 17.7 Å². The maximum Gasteiger partial charge on any atom is 0.259 e. The average molecular weight is 290 g/mol. The summed E-state index contributed by atoms with van der Waals surface area (Å²) in [5.41, 5.74) is 9.43. The van der Waals surface area contributed by atoms with Crippen LogP contribution in [0.2, 0.25) is 0 Å². The molecule has 0 spiro atoms. The molecule has 0 bridgehead atoms. The second-order valence-corrected chi connectivity index (χ2v) is 5.53. The SMILES string of the molecule is CC(Cc1cccc(NS(=O)O)c1)c1ccc(N)cc1. The van der Waals surface area contributed by atoms with E-state index in [1.807, 2.05) is 42.5 Å². The number of benzene rings is 2. The number of hydrogen-bond donors (Lipinski definition) is 3. The summed E-state index contributed by atoms with van der Waals surface area (Å²) in [6, 6.07) is 15.4. The molecule has 2 rings (SSSR count). The second-order valence-electron chi connectivity index (χ2n) is 4.82. The van der Waals surface area contributed by atoms with Crippen LogP contribution in [0.5, 0.6) is 0 Å². The van der Waals surface area contributed by atoms with Gasteiger partial charge in [-0.05, 0) is 47.7 Å². The fraction of sp³-hybridized carbons (Fsp3) is 0.200. The minimum absolute atomic E-state index is 0.352. The highest BCUT2D eigenvalue weighted by molar-refractivity contribution is 7.80. The summed E-state index contributed by atoms with van der Waals surface area (Å²) in [5.74, 6) is 0.352. The van der Waals surface area contributed by atoms with Gasteiger partial charge < -0.3 is 5.73 Å². The smallest absolute Gasteiger partial charge is 0.259 e. The fourth-order valence-corrected chi connectivity index (χ4v) is 2.49. The van der Waals surface area contributed by atoms with E-state index in [9.17, 15) is 4.21 Å². The Morgan fingerprint density at radius 2 is 1.95 bits per heavy atom. The molecular formula is C15H18N2O2S. The van der Waals surface area contributed by atoms with E-state index >= 15 is 0 Å². The number of nitrogens with two attached hydrogens (primary N) is 1. The lowest BCUT2D eigenvalue weighted by atomic mass is 9.93. The first kappa shape index (κ1) is 14.6. The van der Waals surface area contributed by atoms with Crippen molar-refractivity contribution in [1.29, 1.82) is 0 Å². The molecule has 0 aliphatic carbocycles. The first-order chi connectivity index (χ1) is 9.54. The summed E-state index contributed by atoms with van der Waals surface area (Å²) >= 11 is -2.04. The lowest BCUT2D eigenvalue weighted by Gasteiger charge is -2.13. The predicted molar refractivity (Wildman–Crippen MR) is 83.8 cm³/mol. The van der Waals surface area contributed by atoms with Crippen molar-refractivity contribution in [2.75, 3.05) is 10.5 Å². The van der Waals surface area contributed by atoms with Crippen LogP contribution in [0.25, 0.3) is 0 Å². The first-order valence-corrected chi connectivity index (χ1v) is 7.47. The zero-order valence-electron chi connectivity index (χ0n) is 11.2. The Labute approximate surface area is 121 Å². The van der Waals surface area contributed by atoms with Crippen LogP contribution in [-0.4, -0.2) is 8.76 Å². The van der Waals surface area contributed by atoms with Crippen LogP contribution < -0.4 is 10.5 Å². The molecule has 0 aliphatic rings. The Morgan fingerprint density at radius 3 is 2.60 bits per heavy atom. The Balaban J connectivity index is 2.09. The Bertz CT molecular complexity index is 599. The van der Waals surface area contributed by atoms with Crippen molar-refractivity contribution in [1.82, 2.24) is 0 Å². The molecule has 0 saturated carbocycles. The summed E-state index contributed by atoms with van der Waals surface area (Å²) in [6.45, 7) is 2.15. The largest absolute Gasteiger partial charge is 0.399 e. The number of hydrogen-bond acceptors (Lipinski definition) is 2. The molecule has 2 aromatic rings. The predicted octanol–water partition coefficient (Wildman–Crippen LogP) is 3.16. The molecule has 20 heavy (non-hydrogen) atoms. The lowest BCUT2D eigenvalue weighted by molar-refractivity contribution is 0.570. The van der Waals surface area contributed by atoms with Gasteiger partial charge in [-0.3, -0.25) is 9.27 Å². The van der Waals surface area contributed by atoms with E-state index in [-0.39, 0.29) is 0 Å². The Morgan fingerprint density at radius 1 is 1.25 bits per heavy atom. The van der Waals surface area contributed by atoms with Crippen LogP contribution in [0.3, 0.4) is 0 Å². The summed E-state index contributed by atoms with van der Waals surface area (Å²) < 4.78 is 22.1.